The molecule has 0 fully saturated rings. The zero-order chi connectivity index (χ0) is 14.4. The number of carbonyl (C=O) groups excluding carboxylic acids is 1. The molecule has 0 aliphatic heterocycles. The highest BCUT2D eigenvalue weighted by atomic mass is 32.2. The Morgan fingerprint density at radius 2 is 2.30 bits per heavy atom. The van der Waals surface area contributed by atoms with Crippen LogP contribution in [0, 0.1) is 0 Å². The molecule has 0 aliphatic rings. The van der Waals surface area contributed by atoms with Gasteiger partial charge < -0.3 is 10.2 Å². The van der Waals surface area contributed by atoms with Gasteiger partial charge in [-0.15, -0.1) is 21.5 Å². The molecule has 0 saturated carbocycles. The Bertz CT molecular complexity index is 539. The van der Waals surface area contributed by atoms with Crippen molar-refractivity contribution in [3.63, 3.8) is 0 Å². The number of carbonyl (C=O) groups is 1. The lowest BCUT2D eigenvalue weighted by Gasteiger charge is -2.07. The topological polar surface area (TPSA) is 58.1 Å². The first-order chi connectivity index (χ1) is 9.65. The predicted octanol–water partition coefficient (Wildman–Crippen LogP) is 2.43. The second kappa shape index (κ2) is 7.61. The number of hydrogen-bond donors (Lipinski definition) is 1. The van der Waals surface area contributed by atoms with Gasteiger partial charge in [-0.05, 0) is 17.9 Å². The standard InChI is InChI=1S/C12H16N4OS3/c1-16(2)10(17)8-19-12-15-14-11(20-12)13-6-5-9-4-3-7-18-9/h3-4,7H,5-6,8H2,1-2H3,(H,13,14). The molecule has 20 heavy (non-hydrogen) atoms. The quantitative estimate of drug-likeness (QED) is 0.791. The lowest BCUT2D eigenvalue weighted by atomic mass is 10.3. The summed E-state index contributed by atoms with van der Waals surface area (Å²) >= 11 is 4.67. The maximum atomic E-state index is 11.5. The summed E-state index contributed by atoms with van der Waals surface area (Å²) in [6.07, 6.45) is 0.985. The maximum absolute atomic E-state index is 11.5. The molecule has 0 unspecified atom stereocenters. The van der Waals surface area contributed by atoms with Crippen LogP contribution in [0.1, 0.15) is 4.88 Å². The minimum atomic E-state index is 0.0809. The number of rotatable bonds is 7. The van der Waals surface area contributed by atoms with Crippen molar-refractivity contribution in [1.82, 2.24) is 15.1 Å². The Morgan fingerprint density at radius 3 is 3.00 bits per heavy atom. The molecule has 0 saturated heterocycles. The first-order valence-corrected chi connectivity index (χ1v) is 8.76. The number of nitrogens with zero attached hydrogens (tertiary/aromatic N) is 3. The van der Waals surface area contributed by atoms with Gasteiger partial charge in [0, 0.05) is 25.5 Å². The van der Waals surface area contributed by atoms with Crippen molar-refractivity contribution in [3.05, 3.63) is 22.4 Å². The molecule has 0 aromatic carbocycles. The van der Waals surface area contributed by atoms with Crippen LogP contribution < -0.4 is 5.32 Å². The summed E-state index contributed by atoms with van der Waals surface area (Å²) in [5, 5.41) is 14.3. The SMILES string of the molecule is CN(C)C(=O)CSc1nnc(NCCc2cccs2)s1. The van der Waals surface area contributed by atoms with Gasteiger partial charge in [-0.3, -0.25) is 4.79 Å². The van der Waals surface area contributed by atoms with E-state index in [0.29, 0.717) is 5.75 Å². The molecule has 0 aliphatic carbocycles. The van der Waals surface area contributed by atoms with E-state index in [1.165, 1.54) is 28.0 Å². The van der Waals surface area contributed by atoms with Crippen LogP contribution in [0.2, 0.25) is 0 Å². The van der Waals surface area contributed by atoms with E-state index in [-0.39, 0.29) is 5.91 Å². The van der Waals surface area contributed by atoms with Crippen LogP contribution in [0.3, 0.4) is 0 Å². The highest BCUT2D eigenvalue weighted by Gasteiger charge is 2.09. The van der Waals surface area contributed by atoms with Crippen molar-refractivity contribution in [2.75, 3.05) is 31.7 Å². The van der Waals surface area contributed by atoms with Crippen molar-refractivity contribution in [1.29, 1.82) is 0 Å². The van der Waals surface area contributed by atoms with Crippen molar-refractivity contribution >= 4 is 45.5 Å². The summed E-state index contributed by atoms with van der Waals surface area (Å²) in [5.41, 5.74) is 0. The normalized spacial score (nSPS) is 10.5. The number of nitrogens with one attached hydrogen (secondary N) is 1. The summed E-state index contributed by atoms with van der Waals surface area (Å²) in [7, 11) is 3.50. The van der Waals surface area contributed by atoms with Crippen LogP contribution in [0.15, 0.2) is 21.9 Å². The fraction of sp³-hybridized carbons (Fsp3) is 0.417. The number of amides is 1. The summed E-state index contributed by atoms with van der Waals surface area (Å²) in [5.74, 6) is 0.481. The van der Waals surface area contributed by atoms with Gasteiger partial charge in [0.1, 0.15) is 0 Å². The van der Waals surface area contributed by atoms with E-state index in [1.807, 2.05) is 0 Å². The molecule has 1 amide bonds. The summed E-state index contributed by atoms with van der Waals surface area (Å²) in [6.45, 7) is 0.844. The summed E-state index contributed by atoms with van der Waals surface area (Å²) in [6, 6.07) is 4.18. The molecule has 0 atom stereocenters. The minimum absolute atomic E-state index is 0.0809. The fourth-order valence-corrected chi connectivity index (χ4v) is 3.80. The Labute approximate surface area is 130 Å². The van der Waals surface area contributed by atoms with Gasteiger partial charge in [0.15, 0.2) is 4.34 Å². The second-order valence-electron chi connectivity index (χ2n) is 4.21. The van der Waals surface area contributed by atoms with Crippen LogP contribution in [0.5, 0.6) is 0 Å². The number of anilines is 1. The van der Waals surface area contributed by atoms with Crippen LogP contribution >= 0.6 is 34.4 Å². The molecule has 2 heterocycles. The largest absolute Gasteiger partial charge is 0.360 e. The van der Waals surface area contributed by atoms with Gasteiger partial charge in [0.05, 0.1) is 5.75 Å². The molecular weight excluding hydrogens is 312 g/mol. The van der Waals surface area contributed by atoms with Crippen LogP contribution in [-0.2, 0) is 11.2 Å². The van der Waals surface area contributed by atoms with E-state index in [9.17, 15) is 4.79 Å². The Kier molecular flexibility index (Phi) is 5.81. The Morgan fingerprint density at radius 1 is 1.45 bits per heavy atom. The third kappa shape index (κ3) is 4.77. The van der Waals surface area contributed by atoms with Crippen molar-refractivity contribution in [2.24, 2.45) is 0 Å². The maximum Gasteiger partial charge on any atom is 0.232 e. The number of thioether (sulfide) groups is 1. The third-order valence-electron chi connectivity index (χ3n) is 2.45. The first kappa shape index (κ1) is 15.3. The highest BCUT2D eigenvalue weighted by molar-refractivity contribution is 8.01. The number of aromatic nitrogens is 2. The fourth-order valence-electron chi connectivity index (χ4n) is 1.34. The van der Waals surface area contributed by atoms with Gasteiger partial charge >= 0.3 is 0 Å². The van der Waals surface area contributed by atoms with Gasteiger partial charge in [0.25, 0.3) is 0 Å². The molecule has 2 aromatic heterocycles. The van der Waals surface area contributed by atoms with Crippen molar-refractivity contribution in [2.45, 2.75) is 10.8 Å². The molecule has 108 valence electrons. The van der Waals surface area contributed by atoms with E-state index in [4.69, 9.17) is 0 Å². The molecule has 8 heteroatoms. The molecule has 2 rings (SSSR count). The van der Waals surface area contributed by atoms with E-state index in [2.05, 4.69) is 33.0 Å². The average molecular weight is 328 g/mol. The Balaban J connectivity index is 1.73. The van der Waals surface area contributed by atoms with Gasteiger partial charge in [-0.1, -0.05) is 29.2 Å². The molecule has 0 radical (unpaired) electrons. The lowest BCUT2D eigenvalue weighted by molar-refractivity contribution is -0.125. The van der Waals surface area contributed by atoms with Gasteiger partial charge in [-0.2, -0.15) is 0 Å². The smallest absolute Gasteiger partial charge is 0.232 e. The van der Waals surface area contributed by atoms with Crippen LogP contribution in [0.25, 0.3) is 0 Å². The Hall–Kier alpha value is -1.12. The zero-order valence-corrected chi connectivity index (χ0v) is 13.8. The van der Waals surface area contributed by atoms with E-state index in [1.54, 1.807) is 30.3 Å². The van der Waals surface area contributed by atoms with E-state index < -0.39 is 0 Å². The van der Waals surface area contributed by atoms with Crippen LogP contribution in [0.4, 0.5) is 5.13 Å². The van der Waals surface area contributed by atoms with E-state index >= 15 is 0 Å². The molecule has 0 spiro atoms. The predicted molar refractivity (Wildman–Crippen MR) is 85.8 cm³/mol. The highest BCUT2D eigenvalue weighted by Crippen LogP contribution is 2.25. The second-order valence-corrected chi connectivity index (χ2v) is 7.44. The van der Waals surface area contributed by atoms with E-state index in [0.717, 1.165) is 22.4 Å². The van der Waals surface area contributed by atoms with Crippen molar-refractivity contribution in [3.8, 4) is 0 Å². The van der Waals surface area contributed by atoms with Gasteiger partial charge in [-0.25, -0.2) is 0 Å². The minimum Gasteiger partial charge on any atom is -0.360 e. The molecular formula is C12H16N4OS3. The average Bonchev–Trinajstić information content (AvgIpc) is 3.07. The van der Waals surface area contributed by atoms with Gasteiger partial charge in [0.2, 0.25) is 11.0 Å². The third-order valence-corrected chi connectivity index (χ3v) is 5.39. The monoisotopic (exact) mass is 328 g/mol. The van der Waals surface area contributed by atoms with Crippen LogP contribution in [-0.4, -0.2) is 47.4 Å². The molecule has 0 bridgehead atoms. The lowest BCUT2D eigenvalue weighted by Crippen LogP contribution is -2.23. The zero-order valence-electron chi connectivity index (χ0n) is 11.3. The summed E-state index contributed by atoms with van der Waals surface area (Å²) < 4.78 is 0.818. The molecule has 1 N–H and O–H groups in total. The molecule has 2 aromatic rings. The molecule has 5 nitrogen and oxygen atoms in total. The first-order valence-electron chi connectivity index (χ1n) is 6.08. The number of hydrogen-bond acceptors (Lipinski definition) is 7. The van der Waals surface area contributed by atoms with Crippen molar-refractivity contribution < 1.29 is 4.79 Å². The number of thiophene rings is 1. The summed E-state index contributed by atoms with van der Waals surface area (Å²) in [4.78, 5) is 14.4.